The minimum atomic E-state index is -0.375. The largest absolute Gasteiger partial charge is 0.497 e. The molecule has 1 aliphatic rings. The number of hydrogen-bond donors (Lipinski definition) is 1. The molecule has 176 valence electrons. The van der Waals surface area contributed by atoms with Crippen LogP contribution in [0.5, 0.6) is 11.6 Å². The van der Waals surface area contributed by atoms with E-state index in [-0.39, 0.29) is 11.8 Å². The molecule has 0 aliphatic carbocycles. The average Bonchev–Trinajstić information content (AvgIpc) is 3.25. The molecule has 1 fully saturated rings. The molecule has 1 aliphatic heterocycles. The highest BCUT2D eigenvalue weighted by molar-refractivity contribution is 6.07. The topological polar surface area (TPSA) is 109 Å². The second-order valence-corrected chi connectivity index (χ2v) is 8.00. The molecule has 4 rings (SSSR count). The quantitative estimate of drug-likeness (QED) is 0.571. The van der Waals surface area contributed by atoms with Crippen molar-refractivity contribution in [3.63, 3.8) is 0 Å². The lowest BCUT2D eigenvalue weighted by atomic mass is 10.2. The zero-order valence-corrected chi connectivity index (χ0v) is 19.5. The van der Waals surface area contributed by atoms with Gasteiger partial charge in [-0.2, -0.15) is 5.26 Å². The van der Waals surface area contributed by atoms with Crippen molar-refractivity contribution in [2.45, 2.75) is 6.54 Å². The van der Waals surface area contributed by atoms with Crippen molar-refractivity contribution < 1.29 is 14.3 Å². The second-order valence-electron chi connectivity index (χ2n) is 8.00. The minimum absolute atomic E-state index is 0.233. The first kappa shape index (κ1) is 23.1. The number of pyridine rings is 1. The molecule has 0 radical (unpaired) electrons. The summed E-state index contributed by atoms with van der Waals surface area (Å²) in [7, 11) is 4.85. The normalized spacial score (nSPS) is 13.9. The number of nitriles is 1. The number of benzene rings is 1. The van der Waals surface area contributed by atoms with E-state index in [4.69, 9.17) is 9.47 Å². The van der Waals surface area contributed by atoms with E-state index < -0.39 is 0 Å². The lowest BCUT2D eigenvalue weighted by Crippen LogP contribution is -2.46. The maximum absolute atomic E-state index is 13.0. The SMILES string of the molecule is COc1cccc(CN2CCN(c3ncc(C#N)cc3NC(=O)c3cn(C)nc3OC)CC2)c1. The van der Waals surface area contributed by atoms with Gasteiger partial charge in [0, 0.05) is 52.2 Å². The zero-order valence-electron chi connectivity index (χ0n) is 19.5. The molecule has 1 N–H and O–H groups in total. The third kappa shape index (κ3) is 5.10. The summed E-state index contributed by atoms with van der Waals surface area (Å²) >= 11 is 0. The maximum Gasteiger partial charge on any atom is 0.262 e. The van der Waals surface area contributed by atoms with Crippen molar-refractivity contribution in [2.24, 2.45) is 7.05 Å². The summed E-state index contributed by atoms with van der Waals surface area (Å²) in [5.41, 5.74) is 2.36. The van der Waals surface area contributed by atoms with E-state index >= 15 is 0 Å². The van der Waals surface area contributed by atoms with Crippen LogP contribution in [0.4, 0.5) is 11.5 Å². The number of nitrogens with one attached hydrogen (secondary N) is 1. The highest BCUT2D eigenvalue weighted by Crippen LogP contribution is 2.27. The van der Waals surface area contributed by atoms with Gasteiger partial charge in [0.25, 0.3) is 5.91 Å². The Labute approximate surface area is 198 Å². The first-order chi connectivity index (χ1) is 16.5. The molecule has 0 unspecified atom stereocenters. The van der Waals surface area contributed by atoms with Gasteiger partial charge >= 0.3 is 0 Å². The van der Waals surface area contributed by atoms with Crippen LogP contribution in [-0.4, -0.2) is 66.0 Å². The van der Waals surface area contributed by atoms with Gasteiger partial charge < -0.3 is 19.7 Å². The summed E-state index contributed by atoms with van der Waals surface area (Å²) < 4.78 is 12.0. The van der Waals surface area contributed by atoms with Gasteiger partial charge in [-0.15, -0.1) is 5.10 Å². The van der Waals surface area contributed by atoms with Gasteiger partial charge in [0.15, 0.2) is 5.82 Å². The first-order valence-corrected chi connectivity index (χ1v) is 10.9. The van der Waals surface area contributed by atoms with Crippen molar-refractivity contribution in [1.29, 1.82) is 5.26 Å². The van der Waals surface area contributed by atoms with Crippen molar-refractivity contribution in [3.05, 3.63) is 59.4 Å². The number of amides is 1. The van der Waals surface area contributed by atoms with Gasteiger partial charge in [0.2, 0.25) is 5.88 Å². The predicted octanol–water partition coefficient (Wildman–Crippen LogP) is 2.28. The van der Waals surface area contributed by atoms with Crippen LogP contribution in [0.15, 0.2) is 42.7 Å². The Morgan fingerprint density at radius 3 is 2.68 bits per heavy atom. The van der Waals surface area contributed by atoms with E-state index in [0.717, 1.165) is 38.5 Å². The fraction of sp³-hybridized carbons (Fsp3) is 0.333. The standard InChI is InChI=1S/C24H27N7O3/c1-29-16-20(24(28-29)34-3)23(32)27-21-12-18(13-25)14-26-22(21)31-9-7-30(8-10-31)15-17-5-4-6-19(11-17)33-2/h4-6,11-12,14,16H,7-10,15H2,1-3H3,(H,27,32). The van der Waals surface area contributed by atoms with Gasteiger partial charge in [0.1, 0.15) is 17.4 Å². The molecule has 2 aromatic heterocycles. The van der Waals surface area contributed by atoms with Crippen LogP contribution in [0.3, 0.4) is 0 Å². The van der Waals surface area contributed by atoms with Crippen LogP contribution in [0.25, 0.3) is 0 Å². The zero-order chi connectivity index (χ0) is 24.1. The number of anilines is 2. The molecule has 0 atom stereocenters. The molecular formula is C24H27N7O3. The van der Waals surface area contributed by atoms with Gasteiger partial charge in [-0.1, -0.05) is 12.1 Å². The summed E-state index contributed by atoms with van der Waals surface area (Å²) in [4.78, 5) is 22.0. The molecule has 0 saturated carbocycles. The van der Waals surface area contributed by atoms with Crippen LogP contribution >= 0.6 is 0 Å². The Morgan fingerprint density at radius 2 is 1.97 bits per heavy atom. The van der Waals surface area contributed by atoms with E-state index in [2.05, 4.69) is 43.4 Å². The van der Waals surface area contributed by atoms with Crippen LogP contribution in [0, 0.1) is 11.3 Å². The van der Waals surface area contributed by atoms with Gasteiger partial charge in [-0.25, -0.2) is 4.98 Å². The molecule has 0 bridgehead atoms. The van der Waals surface area contributed by atoms with Crippen LogP contribution in [-0.2, 0) is 13.6 Å². The van der Waals surface area contributed by atoms with E-state index in [0.29, 0.717) is 22.6 Å². The van der Waals surface area contributed by atoms with E-state index in [1.54, 1.807) is 26.4 Å². The van der Waals surface area contributed by atoms with Gasteiger partial charge in [0.05, 0.1) is 25.5 Å². The summed E-state index contributed by atoms with van der Waals surface area (Å²) in [6.07, 6.45) is 3.12. The van der Waals surface area contributed by atoms with E-state index in [1.807, 2.05) is 12.1 Å². The smallest absolute Gasteiger partial charge is 0.262 e. The number of aryl methyl sites for hydroxylation is 1. The molecule has 3 heterocycles. The molecular weight excluding hydrogens is 434 g/mol. The number of hydrogen-bond acceptors (Lipinski definition) is 8. The van der Waals surface area contributed by atoms with E-state index in [9.17, 15) is 10.1 Å². The van der Waals surface area contributed by atoms with Crippen molar-refractivity contribution in [1.82, 2.24) is 19.7 Å². The molecule has 10 heteroatoms. The van der Waals surface area contributed by atoms with Gasteiger partial charge in [-0.3, -0.25) is 14.4 Å². The fourth-order valence-corrected chi connectivity index (χ4v) is 3.97. The summed E-state index contributed by atoms with van der Waals surface area (Å²) in [5.74, 6) is 1.34. The third-order valence-corrected chi connectivity index (χ3v) is 5.69. The molecule has 1 aromatic carbocycles. The number of carbonyl (C=O) groups excluding carboxylic acids is 1. The third-order valence-electron chi connectivity index (χ3n) is 5.69. The fourth-order valence-electron chi connectivity index (χ4n) is 3.97. The van der Waals surface area contributed by atoms with Crippen molar-refractivity contribution in [2.75, 3.05) is 50.6 Å². The molecule has 0 spiro atoms. The number of nitrogens with zero attached hydrogens (tertiary/aromatic N) is 6. The molecule has 34 heavy (non-hydrogen) atoms. The lowest BCUT2D eigenvalue weighted by Gasteiger charge is -2.36. The minimum Gasteiger partial charge on any atom is -0.497 e. The van der Waals surface area contributed by atoms with Gasteiger partial charge in [-0.05, 0) is 23.8 Å². The predicted molar refractivity (Wildman–Crippen MR) is 127 cm³/mol. The molecule has 1 amide bonds. The number of carbonyl (C=O) groups is 1. The highest BCUT2D eigenvalue weighted by atomic mass is 16.5. The molecule has 10 nitrogen and oxygen atoms in total. The Hall–Kier alpha value is -4.10. The van der Waals surface area contributed by atoms with Crippen molar-refractivity contribution >= 4 is 17.4 Å². The van der Waals surface area contributed by atoms with Crippen LogP contribution in [0.1, 0.15) is 21.5 Å². The lowest BCUT2D eigenvalue weighted by molar-refractivity contribution is 0.102. The molecule has 1 saturated heterocycles. The number of methoxy groups -OCH3 is 2. The molecule has 3 aromatic rings. The number of ether oxygens (including phenoxy) is 2. The Balaban J connectivity index is 1.48. The Kier molecular flexibility index (Phi) is 6.94. The van der Waals surface area contributed by atoms with Crippen LogP contribution < -0.4 is 19.7 Å². The van der Waals surface area contributed by atoms with Crippen LogP contribution in [0.2, 0.25) is 0 Å². The van der Waals surface area contributed by atoms with Crippen molar-refractivity contribution in [3.8, 4) is 17.7 Å². The maximum atomic E-state index is 13.0. The number of aromatic nitrogens is 3. The average molecular weight is 462 g/mol. The number of rotatable bonds is 7. The highest BCUT2D eigenvalue weighted by Gasteiger charge is 2.23. The monoisotopic (exact) mass is 461 g/mol. The summed E-state index contributed by atoms with van der Waals surface area (Å²) in [6, 6.07) is 11.8. The second kappa shape index (κ2) is 10.2. The van der Waals surface area contributed by atoms with E-state index in [1.165, 1.54) is 23.6 Å². The Morgan fingerprint density at radius 1 is 1.18 bits per heavy atom. The number of piperazine rings is 1. The summed E-state index contributed by atoms with van der Waals surface area (Å²) in [5, 5.41) is 16.4. The first-order valence-electron chi connectivity index (χ1n) is 10.9. The summed E-state index contributed by atoms with van der Waals surface area (Å²) in [6.45, 7) is 3.98. The Bertz CT molecular complexity index is 1210.